The average Bonchev–Trinajstić information content (AvgIpc) is 2.73. The van der Waals surface area contributed by atoms with Gasteiger partial charge in [0, 0.05) is 55.0 Å². The van der Waals surface area contributed by atoms with Gasteiger partial charge in [-0.15, -0.1) is 0 Å². The van der Waals surface area contributed by atoms with Crippen LogP contribution in [0.4, 0.5) is 10.1 Å². The Morgan fingerprint density at radius 1 is 1.07 bits per heavy atom. The summed E-state index contributed by atoms with van der Waals surface area (Å²) in [6.45, 7) is 4.47. The first-order valence-corrected chi connectivity index (χ1v) is 9.35. The molecule has 1 atom stereocenters. The number of amides is 1. The molecule has 6 heteroatoms. The van der Waals surface area contributed by atoms with Crippen LogP contribution >= 0.6 is 0 Å². The first-order valence-electron chi connectivity index (χ1n) is 9.35. The smallest absolute Gasteiger partial charge is 0.256 e. The monoisotopic (exact) mass is 379 g/mol. The van der Waals surface area contributed by atoms with Crippen molar-refractivity contribution in [1.29, 1.82) is 0 Å². The lowest BCUT2D eigenvalue weighted by molar-refractivity contribution is -0.140. The number of rotatable bonds is 3. The number of pyridine rings is 1. The number of nitrogens with zero attached hydrogens (tertiary/aromatic N) is 3. The van der Waals surface area contributed by atoms with Gasteiger partial charge in [0.1, 0.15) is 5.82 Å². The van der Waals surface area contributed by atoms with Crippen molar-refractivity contribution in [3.63, 3.8) is 0 Å². The lowest BCUT2D eigenvalue weighted by Gasteiger charge is -2.37. The van der Waals surface area contributed by atoms with Gasteiger partial charge in [0.25, 0.3) is 5.91 Å². The summed E-state index contributed by atoms with van der Waals surface area (Å²) in [5.74, 6) is -0.734. The number of hydrogen-bond donors (Lipinski definition) is 1. The summed E-state index contributed by atoms with van der Waals surface area (Å²) < 4.78 is 13.1. The van der Waals surface area contributed by atoms with Gasteiger partial charge in [-0.25, -0.2) is 4.39 Å². The molecule has 1 amide bonds. The molecular weight excluding hydrogens is 357 g/mol. The van der Waals surface area contributed by atoms with Gasteiger partial charge < -0.3 is 14.9 Å². The second-order valence-corrected chi connectivity index (χ2v) is 7.10. The van der Waals surface area contributed by atoms with Crippen LogP contribution in [0.5, 0.6) is 0 Å². The van der Waals surface area contributed by atoms with E-state index in [0.29, 0.717) is 31.7 Å². The average molecular weight is 379 g/mol. The highest BCUT2D eigenvalue weighted by molar-refractivity contribution is 5.96. The van der Waals surface area contributed by atoms with Crippen molar-refractivity contribution in [2.45, 2.75) is 13.0 Å². The fourth-order valence-corrected chi connectivity index (χ4v) is 3.78. The van der Waals surface area contributed by atoms with Crippen LogP contribution in [-0.4, -0.2) is 47.1 Å². The molecule has 4 rings (SSSR count). The number of carbonyl (C=O) groups is 1. The molecule has 0 spiro atoms. The third kappa shape index (κ3) is 3.43. The number of anilines is 1. The molecule has 1 unspecified atom stereocenters. The molecule has 2 aromatic carbocycles. The molecule has 1 N–H and O–H groups in total. The zero-order valence-corrected chi connectivity index (χ0v) is 15.7. The first kappa shape index (κ1) is 18.4. The number of carbonyl (C=O) groups excluding carboxylic acids is 1. The summed E-state index contributed by atoms with van der Waals surface area (Å²) in [6.07, 6.45) is 2.47. The van der Waals surface area contributed by atoms with Gasteiger partial charge in [-0.2, -0.15) is 0 Å². The number of benzene rings is 2. The third-order valence-corrected chi connectivity index (χ3v) is 5.30. The Balaban J connectivity index is 1.48. The van der Waals surface area contributed by atoms with Crippen molar-refractivity contribution in [3.8, 4) is 0 Å². The number of fused-ring (bicyclic) bond motifs is 1. The predicted octanol–water partition coefficient (Wildman–Crippen LogP) is 3.06. The van der Waals surface area contributed by atoms with Crippen LogP contribution in [0.2, 0.25) is 0 Å². The SMILES string of the molecule is Cc1cncc2cccc(N3CCN(C(=O)C(O)c4ccc(F)cc4)CC3)c12. The topological polar surface area (TPSA) is 56.7 Å². The van der Waals surface area contributed by atoms with E-state index < -0.39 is 11.9 Å². The highest BCUT2D eigenvalue weighted by Crippen LogP contribution is 2.30. The fraction of sp³-hybridized carbons (Fsp3) is 0.273. The second kappa shape index (κ2) is 7.56. The van der Waals surface area contributed by atoms with Crippen molar-refractivity contribution in [2.75, 3.05) is 31.1 Å². The maximum Gasteiger partial charge on any atom is 0.256 e. The summed E-state index contributed by atoms with van der Waals surface area (Å²) in [4.78, 5) is 20.9. The van der Waals surface area contributed by atoms with Crippen LogP contribution in [0, 0.1) is 12.7 Å². The van der Waals surface area contributed by atoms with Crippen LogP contribution in [0.25, 0.3) is 10.8 Å². The summed E-state index contributed by atoms with van der Waals surface area (Å²) in [7, 11) is 0. The van der Waals surface area contributed by atoms with Crippen LogP contribution in [-0.2, 0) is 4.79 Å². The van der Waals surface area contributed by atoms with Crippen LogP contribution in [0.3, 0.4) is 0 Å². The summed E-state index contributed by atoms with van der Waals surface area (Å²) in [6, 6.07) is 11.6. The number of aromatic nitrogens is 1. The Kier molecular flexibility index (Phi) is 4.96. The van der Waals surface area contributed by atoms with Gasteiger partial charge >= 0.3 is 0 Å². The predicted molar refractivity (Wildman–Crippen MR) is 107 cm³/mol. The molecular formula is C22H22FN3O2. The summed E-state index contributed by atoms with van der Waals surface area (Å²) in [5, 5.41) is 12.6. The second-order valence-electron chi connectivity index (χ2n) is 7.10. The van der Waals surface area contributed by atoms with E-state index in [9.17, 15) is 14.3 Å². The number of aliphatic hydroxyl groups excluding tert-OH is 1. The molecule has 0 radical (unpaired) electrons. The Labute approximate surface area is 163 Å². The van der Waals surface area contributed by atoms with E-state index in [0.717, 1.165) is 16.6 Å². The molecule has 28 heavy (non-hydrogen) atoms. The standard InChI is InChI=1S/C22H22FN3O2/c1-15-13-24-14-17-3-2-4-19(20(15)17)25-9-11-26(12-10-25)22(28)21(27)16-5-7-18(23)8-6-16/h2-8,13-14,21,27H,9-12H2,1H3. The molecule has 5 nitrogen and oxygen atoms in total. The first-order chi connectivity index (χ1) is 13.5. The molecule has 0 saturated carbocycles. The van der Waals surface area contributed by atoms with Crippen LogP contribution < -0.4 is 4.90 Å². The van der Waals surface area contributed by atoms with Gasteiger partial charge in [0.05, 0.1) is 0 Å². The van der Waals surface area contributed by atoms with Crippen molar-refractivity contribution >= 4 is 22.4 Å². The van der Waals surface area contributed by atoms with Gasteiger partial charge in [0.15, 0.2) is 6.10 Å². The van der Waals surface area contributed by atoms with Gasteiger partial charge in [-0.05, 0) is 36.2 Å². The van der Waals surface area contributed by atoms with Gasteiger partial charge in [-0.1, -0.05) is 24.3 Å². The Bertz CT molecular complexity index is 993. The van der Waals surface area contributed by atoms with Crippen molar-refractivity contribution in [3.05, 3.63) is 71.8 Å². The van der Waals surface area contributed by atoms with E-state index in [1.54, 1.807) is 4.90 Å². The quantitative estimate of drug-likeness (QED) is 0.760. The molecule has 1 aliphatic heterocycles. The Hall–Kier alpha value is -2.99. The lowest BCUT2D eigenvalue weighted by atomic mass is 10.0. The van der Waals surface area contributed by atoms with Crippen molar-refractivity contribution in [1.82, 2.24) is 9.88 Å². The number of aryl methyl sites for hydroxylation is 1. The number of halogens is 1. The number of piperazine rings is 1. The highest BCUT2D eigenvalue weighted by Gasteiger charge is 2.27. The summed E-state index contributed by atoms with van der Waals surface area (Å²) in [5.41, 5.74) is 2.67. The van der Waals surface area contributed by atoms with Crippen LogP contribution in [0.15, 0.2) is 54.9 Å². The largest absolute Gasteiger partial charge is 0.378 e. The molecule has 1 aromatic heterocycles. The Morgan fingerprint density at radius 3 is 2.50 bits per heavy atom. The number of aliphatic hydroxyl groups is 1. The maximum absolute atomic E-state index is 13.1. The molecule has 2 heterocycles. The zero-order valence-electron chi connectivity index (χ0n) is 15.7. The maximum atomic E-state index is 13.1. The minimum atomic E-state index is -1.27. The van der Waals surface area contributed by atoms with Crippen LogP contribution in [0.1, 0.15) is 17.2 Å². The van der Waals surface area contributed by atoms with Crippen molar-refractivity contribution < 1.29 is 14.3 Å². The summed E-state index contributed by atoms with van der Waals surface area (Å²) >= 11 is 0. The molecule has 0 aliphatic carbocycles. The molecule has 1 fully saturated rings. The van der Waals surface area contributed by atoms with Crippen molar-refractivity contribution in [2.24, 2.45) is 0 Å². The molecule has 144 valence electrons. The molecule has 3 aromatic rings. The van der Waals surface area contributed by atoms with Gasteiger partial charge in [-0.3, -0.25) is 9.78 Å². The van der Waals surface area contributed by atoms with E-state index in [2.05, 4.69) is 28.9 Å². The minimum absolute atomic E-state index is 0.343. The molecule has 0 bridgehead atoms. The highest BCUT2D eigenvalue weighted by atomic mass is 19.1. The van der Waals surface area contributed by atoms with E-state index in [1.807, 2.05) is 18.5 Å². The van der Waals surface area contributed by atoms with E-state index in [-0.39, 0.29) is 5.91 Å². The van der Waals surface area contributed by atoms with E-state index in [1.165, 1.54) is 29.7 Å². The normalized spacial score (nSPS) is 15.7. The third-order valence-electron chi connectivity index (χ3n) is 5.30. The minimum Gasteiger partial charge on any atom is -0.378 e. The lowest BCUT2D eigenvalue weighted by Crippen LogP contribution is -2.50. The number of hydrogen-bond acceptors (Lipinski definition) is 4. The molecule has 1 saturated heterocycles. The zero-order chi connectivity index (χ0) is 19.7. The molecule has 1 aliphatic rings. The van der Waals surface area contributed by atoms with Gasteiger partial charge in [0.2, 0.25) is 0 Å². The van der Waals surface area contributed by atoms with E-state index in [4.69, 9.17) is 0 Å². The fourth-order valence-electron chi connectivity index (χ4n) is 3.78. The van der Waals surface area contributed by atoms with E-state index >= 15 is 0 Å². The Morgan fingerprint density at radius 2 is 1.79 bits per heavy atom.